The van der Waals surface area contributed by atoms with Gasteiger partial charge in [0.15, 0.2) is 0 Å². The lowest BCUT2D eigenvalue weighted by Gasteiger charge is -2.39. The fraction of sp³-hybridized carbons (Fsp3) is 0.524. The largest absolute Gasteiger partial charge is 0.481 e. The van der Waals surface area contributed by atoms with E-state index in [4.69, 9.17) is 9.73 Å². The van der Waals surface area contributed by atoms with E-state index in [1.54, 1.807) is 13.8 Å². The summed E-state index contributed by atoms with van der Waals surface area (Å²) < 4.78 is 6.02. The van der Waals surface area contributed by atoms with Crippen LogP contribution >= 0.6 is 0 Å². The number of rotatable bonds is 3. The summed E-state index contributed by atoms with van der Waals surface area (Å²) in [6.07, 6.45) is 0. The number of amidine groups is 1. The van der Waals surface area contributed by atoms with Crippen molar-refractivity contribution in [1.82, 2.24) is 9.80 Å². The molecule has 1 aromatic carbocycles. The van der Waals surface area contributed by atoms with E-state index in [0.29, 0.717) is 6.54 Å². The van der Waals surface area contributed by atoms with E-state index in [1.807, 2.05) is 19.9 Å². The Morgan fingerprint density at radius 2 is 1.85 bits per heavy atom. The van der Waals surface area contributed by atoms with Crippen molar-refractivity contribution in [3.8, 4) is 5.75 Å². The van der Waals surface area contributed by atoms with Crippen LogP contribution in [-0.2, 0) is 4.79 Å². The van der Waals surface area contributed by atoms with Crippen LogP contribution in [-0.4, -0.2) is 59.4 Å². The van der Waals surface area contributed by atoms with Crippen molar-refractivity contribution in [2.75, 3.05) is 32.7 Å². The SMILES string of the molecule is CC1=C(C)Oc2ccc(C)cc2C(N2CCN(CC(C)(C)C(=O)O)CC2)=N1. The Labute approximate surface area is 161 Å². The van der Waals surface area contributed by atoms with Crippen molar-refractivity contribution in [2.45, 2.75) is 34.6 Å². The van der Waals surface area contributed by atoms with E-state index in [9.17, 15) is 9.90 Å². The number of benzene rings is 1. The molecule has 0 amide bonds. The Bertz CT molecular complexity index is 803. The third-order valence-electron chi connectivity index (χ3n) is 5.29. The number of hydrogen-bond donors (Lipinski definition) is 1. The summed E-state index contributed by atoms with van der Waals surface area (Å²) in [4.78, 5) is 20.8. The maximum atomic E-state index is 11.4. The van der Waals surface area contributed by atoms with E-state index in [2.05, 4.69) is 28.9 Å². The van der Waals surface area contributed by atoms with E-state index >= 15 is 0 Å². The second-order valence-electron chi connectivity index (χ2n) is 8.13. The van der Waals surface area contributed by atoms with Gasteiger partial charge in [0.1, 0.15) is 17.3 Å². The van der Waals surface area contributed by atoms with Gasteiger partial charge in [-0.15, -0.1) is 0 Å². The van der Waals surface area contributed by atoms with Gasteiger partial charge in [-0.25, -0.2) is 4.99 Å². The van der Waals surface area contributed by atoms with Crippen LogP contribution in [0.2, 0.25) is 0 Å². The molecule has 27 heavy (non-hydrogen) atoms. The molecule has 1 fully saturated rings. The predicted octanol–water partition coefficient (Wildman–Crippen LogP) is 3.11. The summed E-state index contributed by atoms with van der Waals surface area (Å²) in [6, 6.07) is 6.18. The molecule has 1 saturated heterocycles. The minimum atomic E-state index is -0.754. The molecule has 0 radical (unpaired) electrons. The van der Waals surface area contributed by atoms with E-state index in [-0.39, 0.29) is 0 Å². The highest BCUT2D eigenvalue weighted by Gasteiger charge is 2.32. The molecular weight excluding hydrogens is 342 g/mol. The summed E-state index contributed by atoms with van der Waals surface area (Å²) >= 11 is 0. The maximum absolute atomic E-state index is 11.4. The first-order valence-corrected chi connectivity index (χ1v) is 9.43. The Hall–Kier alpha value is -2.34. The number of nitrogens with zero attached hydrogens (tertiary/aromatic N) is 3. The van der Waals surface area contributed by atoms with Gasteiger partial charge in [-0.3, -0.25) is 9.69 Å². The van der Waals surface area contributed by atoms with Crippen molar-refractivity contribution in [1.29, 1.82) is 0 Å². The van der Waals surface area contributed by atoms with Gasteiger partial charge in [-0.2, -0.15) is 0 Å². The number of hydrogen-bond acceptors (Lipinski definition) is 5. The molecule has 6 heteroatoms. The minimum Gasteiger partial charge on any atom is -0.481 e. The number of aliphatic imine (C=N–C) groups is 1. The van der Waals surface area contributed by atoms with Gasteiger partial charge >= 0.3 is 5.97 Å². The fourth-order valence-corrected chi connectivity index (χ4v) is 3.43. The van der Waals surface area contributed by atoms with Crippen LogP contribution in [0.1, 0.15) is 38.8 Å². The van der Waals surface area contributed by atoms with Gasteiger partial charge < -0.3 is 14.7 Å². The van der Waals surface area contributed by atoms with Crippen LogP contribution in [0.15, 0.2) is 34.6 Å². The molecule has 3 rings (SSSR count). The molecule has 1 aromatic rings. The number of fused-ring (bicyclic) bond motifs is 1. The van der Waals surface area contributed by atoms with Crippen molar-refractivity contribution in [2.24, 2.45) is 10.4 Å². The minimum absolute atomic E-state index is 0.555. The summed E-state index contributed by atoms with van der Waals surface area (Å²) in [5.74, 6) is 1.84. The zero-order chi connectivity index (χ0) is 19.8. The number of piperazine rings is 1. The first kappa shape index (κ1) is 19.4. The number of allylic oxidation sites excluding steroid dienone is 2. The molecule has 146 valence electrons. The summed E-state index contributed by atoms with van der Waals surface area (Å²) in [5.41, 5.74) is 2.33. The average molecular weight is 371 g/mol. The quantitative estimate of drug-likeness (QED) is 0.884. The standard InChI is InChI=1S/C21H29N3O3/c1-14-6-7-18-17(12-14)19(22-15(2)16(3)27-18)24-10-8-23(9-11-24)13-21(4,5)20(25)26/h6-7,12H,8-11,13H2,1-5H3,(H,25,26). The third kappa shape index (κ3) is 4.16. The molecule has 2 aliphatic rings. The summed E-state index contributed by atoms with van der Waals surface area (Å²) in [6.45, 7) is 13.4. The molecule has 0 saturated carbocycles. The van der Waals surface area contributed by atoms with Crippen molar-refractivity contribution >= 4 is 11.8 Å². The monoisotopic (exact) mass is 371 g/mol. The van der Waals surface area contributed by atoms with Crippen LogP contribution < -0.4 is 4.74 Å². The second kappa shape index (κ2) is 7.35. The number of carbonyl (C=O) groups is 1. The molecule has 0 aliphatic carbocycles. The highest BCUT2D eigenvalue weighted by atomic mass is 16.5. The van der Waals surface area contributed by atoms with Crippen molar-refractivity contribution < 1.29 is 14.6 Å². The first-order valence-electron chi connectivity index (χ1n) is 9.43. The molecular formula is C21H29N3O3. The number of aryl methyl sites for hydroxylation is 1. The molecule has 0 bridgehead atoms. The Balaban J connectivity index is 1.80. The van der Waals surface area contributed by atoms with Crippen molar-refractivity contribution in [3.63, 3.8) is 0 Å². The molecule has 0 atom stereocenters. The zero-order valence-corrected chi connectivity index (χ0v) is 16.9. The average Bonchev–Trinajstić information content (AvgIpc) is 2.72. The van der Waals surface area contributed by atoms with Crippen molar-refractivity contribution in [3.05, 3.63) is 40.8 Å². The Morgan fingerprint density at radius 1 is 1.19 bits per heavy atom. The lowest BCUT2D eigenvalue weighted by molar-refractivity contribution is -0.148. The highest BCUT2D eigenvalue weighted by molar-refractivity contribution is 6.02. The molecule has 0 spiro atoms. The molecule has 1 N–H and O–H groups in total. The number of aliphatic carboxylic acids is 1. The molecule has 2 aliphatic heterocycles. The Kier molecular flexibility index (Phi) is 5.29. The number of carboxylic acid groups (broad SMARTS) is 1. The lowest BCUT2D eigenvalue weighted by Crippen LogP contribution is -2.52. The van der Waals surface area contributed by atoms with E-state index in [0.717, 1.165) is 54.8 Å². The summed E-state index contributed by atoms with van der Waals surface area (Å²) in [5, 5.41) is 9.37. The molecule has 0 unspecified atom stereocenters. The number of ether oxygens (including phenoxy) is 1. The lowest BCUT2D eigenvalue weighted by atomic mass is 9.93. The zero-order valence-electron chi connectivity index (χ0n) is 16.9. The molecule has 2 heterocycles. The van der Waals surface area contributed by atoms with Crippen LogP contribution in [0.4, 0.5) is 0 Å². The third-order valence-corrected chi connectivity index (χ3v) is 5.29. The topological polar surface area (TPSA) is 65.4 Å². The van der Waals surface area contributed by atoms with Gasteiger partial charge in [-0.1, -0.05) is 11.6 Å². The number of carboxylic acids is 1. The van der Waals surface area contributed by atoms with Crippen LogP contribution in [0, 0.1) is 12.3 Å². The smallest absolute Gasteiger partial charge is 0.310 e. The highest BCUT2D eigenvalue weighted by Crippen LogP contribution is 2.29. The molecule has 6 nitrogen and oxygen atoms in total. The summed E-state index contributed by atoms with van der Waals surface area (Å²) in [7, 11) is 0. The van der Waals surface area contributed by atoms with Crippen LogP contribution in [0.3, 0.4) is 0 Å². The maximum Gasteiger partial charge on any atom is 0.310 e. The normalized spacial score (nSPS) is 18.6. The van der Waals surface area contributed by atoms with Gasteiger partial charge in [-0.05, 0) is 46.8 Å². The van der Waals surface area contributed by atoms with Gasteiger partial charge in [0, 0.05) is 32.7 Å². The van der Waals surface area contributed by atoms with Gasteiger partial charge in [0.05, 0.1) is 16.7 Å². The van der Waals surface area contributed by atoms with Gasteiger partial charge in [0.25, 0.3) is 0 Å². The second-order valence-corrected chi connectivity index (χ2v) is 8.13. The van der Waals surface area contributed by atoms with E-state index < -0.39 is 11.4 Å². The van der Waals surface area contributed by atoms with Gasteiger partial charge in [0.2, 0.25) is 0 Å². The predicted molar refractivity (Wildman–Crippen MR) is 106 cm³/mol. The van der Waals surface area contributed by atoms with Crippen LogP contribution in [0.25, 0.3) is 0 Å². The molecule has 0 aromatic heterocycles. The fourth-order valence-electron chi connectivity index (χ4n) is 3.43. The van der Waals surface area contributed by atoms with Crippen LogP contribution in [0.5, 0.6) is 5.75 Å². The van der Waals surface area contributed by atoms with E-state index in [1.165, 1.54) is 5.56 Å². The first-order chi connectivity index (χ1) is 12.7. The Morgan fingerprint density at radius 3 is 2.48 bits per heavy atom.